The van der Waals surface area contributed by atoms with Gasteiger partial charge in [0.1, 0.15) is 5.52 Å². The molecule has 2 heterocycles. The van der Waals surface area contributed by atoms with Gasteiger partial charge < -0.3 is 10.8 Å². The topological polar surface area (TPSA) is 72.0 Å². The fourth-order valence-electron chi connectivity index (χ4n) is 3.17. The number of anilines is 1. The van der Waals surface area contributed by atoms with Crippen molar-refractivity contribution in [1.29, 1.82) is 0 Å². The average Bonchev–Trinajstić information content (AvgIpc) is 2.67. The molecule has 0 radical (unpaired) electrons. The second-order valence-electron chi connectivity index (χ2n) is 6.37. The van der Waals surface area contributed by atoms with E-state index in [-0.39, 0.29) is 6.61 Å². The van der Waals surface area contributed by atoms with Crippen molar-refractivity contribution < 1.29 is 5.11 Å². The van der Waals surface area contributed by atoms with Gasteiger partial charge in [0.15, 0.2) is 5.82 Å². The Labute approximate surface area is 159 Å². The van der Waals surface area contributed by atoms with Crippen LogP contribution in [0.2, 0.25) is 0 Å². The van der Waals surface area contributed by atoms with Crippen molar-refractivity contribution in [3.63, 3.8) is 0 Å². The maximum Gasteiger partial charge on any atom is 0.150 e. The molecule has 0 saturated carbocycles. The van der Waals surface area contributed by atoms with Crippen LogP contribution < -0.4 is 5.73 Å². The van der Waals surface area contributed by atoms with E-state index in [0.29, 0.717) is 5.82 Å². The lowest BCUT2D eigenvalue weighted by atomic mass is 10.0. The van der Waals surface area contributed by atoms with Crippen molar-refractivity contribution in [2.24, 2.45) is 0 Å². The maximum absolute atomic E-state index is 9.34. The van der Waals surface area contributed by atoms with E-state index in [4.69, 9.17) is 5.73 Å². The van der Waals surface area contributed by atoms with Crippen molar-refractivity contribution in [1.82, 2.24) is 9.97 Å². The molecule has 0 saturated heterocycles. The minimum atomic E-state index is -0.0129. The monoisotopic (exact) mass is 407 g/mol. The van der Waals surface area contributed by atoms with Crippen molar-refractivity contribution in [2.45, 2.75) is 19.4 Å². The summed E-state index contributed by atoms with van der Waals surface area (Å²) in [6, 6.07) is 16.3. The summed E-state index contributed by atoms with van der Waals surface area (Å²) in [6.45, 7) is -0.0129. The predicted molar refractivity (Wildman–Crippen MR) is 109 cm³/mol. The van der Waals surface area contributed by atoms with Crippen LogP contribution in [-0.2, 0) is 19.4 Å². The Morgan fingerprint density at radius 1 is 0.885 bits per heavy atom. The van der Waals surface area contributed by atoms with Gasteiger partial charge in [0.05, 0.1) is 12.1 Å². The molecule has 4 nitrogen and oxygen atoms in total. The molecule has 3 N–H and O–H groups in total. The number of hydrogen-bond donors (Lipinski definition) is 2. The number of hydrogen-bond acceptors (Lipinski definition) is 4. The number of nitrogens with two attached hydrogens (primary N) is 1. The minimum Gasteiger partial charge on any atom is -0.392 e. The molecule has 0 aliphatic carbocycles. The Balaban J connectivity index is 1.72. The number of aromatic nitrogens is 2. The normalized spacial score (nSPS) is 11.3. The Morgan fingerprint density at radius 3 is 2.38 bits per heavy atom. The molecule has 0 fully saturated rings. The highest BCUT2D eigenvalue weighted by Crippen LogP contribution is 2.28. The molecule has 4 rings (SSSR count). The number of rotatable bonds is 4. The van der Waals surface area contributed by atoms with E-state index in [1.807, 2.05) is 24.4 Å². The van der Waals surface area contributed by atoms with Crippen LogP contribution in [0.1, 0.15) is 16.7 Å². The Hall–Kier alpha value is -2.50. The lowest BCUT2D eigenvalue weighted by molar-refractivity contribution is 0.282. The number of aliphatic hydroxyl groups is 1. The van der Waals surface area contributed by atoms with Crippen molar-refractivity contribution in [3.8, 4) is 0 Å². The first kappa shape index (κ1) is 16.9. The third kappa shape index (κ3) is 3.28. The van der Waals surface area contributed by atoms with Gasteiger partial charge in [-0.1, -0.05) is 40.2 Å². The molecule has 130 valence electrons. The lowest BCUT2D eigenvalue weighted by Gasteiger charge is -2.09. The SMILES string of the molecule is Nc1nc2cc(CO)ccc2c2cc(CCc3ccc(Br)cc3)cnc12. The highest BCUT2D eigenvalue weighted by atomic mass is 79.9. The summed E-state index contributed by atoms with van der Waals surface area (Å²) in [7, 11) is 0. The minimum absolute atomic E-state index is 0.0129. The molecule has 2 aromatic heterocycles. The summed E-state index contributed by atoms with van der Waals surface area (Å²) in [4.78, 5) is 9.00. The van der Waals surface area contributed by atoms with Gasteiger partial charge in [-0.3, -0.25) is 4.98 Å². The van der Waals surface area contributed by atoms with Crippen molar-refractivity contribution in [2.75, 3.05) is 5.73 Å². The lowest BCUT2D eigenvalue weighted by Crippen LogP contribution is -1.98. The van der Waals surface area contributed by atoms with Gasteiger partial charge in [0.2, 0.25) is 0 Å². The molecule has 0 amide bonds. The van der Waals surface area contributed by atoms with E-state index in [1.54, 1.807) is 0 Å². The largest absolute Gasteiger partial charge is 0.392 e. The van der Waals surface area contributed by atoms with E-state index >= 15 is 0 Å². The number of halogens is 1. The molecular weight excluding hydrogens is 390 g/mol. The fourth-order valence-corrected chi connectivity index (χ4v) is 3.44. The predicted octanol–water partition coefficient (Wildman–Crippen LogP) is 4.41. The van der Waals surface area contributed by atoms with Crippen LogP contribution in [-0.4, -0.2) is 15.1 Å². The van der Waals surface area contributed by atoms with Crippen LogP contribution in [0, 0.1) is 0 Å². The Morgan fingerprint density at radius 2 is 1.62 bits per heavy atom. The van der Waals surface area contributed by atoms with Gasteiger partial charge in [0.25, 0.3) is 0 Å². The molecule has 0 unspecified atom stereocenters. The smallest absolute Gasteiger partial charge is 0.150 e. The third-order valence-corrected chi connectivity index (χ3v) is 5.11. The average molecular weight is 408 g/mol. The van der Waals surface area contributed by atoms with Gasteiger partial charge >= 0.3 is 0 Å². The van der Waals surface area contributed by atoms with E-state index < -0.39 is 0 Å². The van der Waals surface area contributed by atoms with E-state index in [0.717, 1.165) is 44.7 Å². The number of fused-ring (bicyclic) bond motifs is 3. The van der Waals surface area contributed by atoms with Gasteiger partial charge in [-0.15, -0.1) is 0 Å². The van der Waals surface area contributed by atoms with Crippen LogP contribution in [0.25, 0.3) is 21.8 Å². The summed E-state index contributed by atoms with van der Waals surface area (Å²) in [5.41, 5.74) is 10.9. The van der Waals surface area contributed by atoms with E-state index in [2.05, 4.69) is 56.2 Å². The number of pyridine rings is 2. The molecule has 26 heavy (non-hydrogen) atoms. The fraction of sp³-hybridized carbons (Fsp3) is 0.143. The zero-order chi connectivity index (χ0) is 18.1. The number of nitrogen functional groups attached to an aromatic ring is 1. The molecule has 0 atom stereocenters. The second kappa shape index (κ2) is 7.02. The Kier molecular flexibility index (Phi) is 4.57. The number of aryl methyl sites for hydroxylation is 2. The highest BCUT2D eigenvalue weighted by molar-refractivity contribution is 9.10. The van der Waals surface area contributed by atoms with Crippen molar-refractivity contribution >= 4 is 43.6 Å². The van der Waals surface area contributed by atoms with Crippen LogP contribution in [0.15, 0.2) is 59.2 Å². The van der Waals surface area contributed by atoms with Gasteiger partial charge in [-0.2, -0.15) is 0 Å². The van der Waals surface area contributed by atoms with Gasteiger partial charge in [-0.25, -0.2) is 4.98 Å². The quantitative estimate of drug-likeness (QED) is 0.491. The molecule has 2 aromatic carbocycles. The van der Waals surface area contributed by atoms with Crippen LogP contribution in [0.5, 0.6) is 0 Å². The summed E-state index contributed by atoms with van der Waals surface area (Å²) in [5, 5.41) is 11.4. The van der Waals surface area contributed by atoms with Crippen molar-refractivity contribution in [3.05, 3.63) is 75.9 Å². The third-order valence-electron chi connectivity index (χ3n) is 4.58. The molecule has 0 aliphatic rings. The summed E-state index contributed by atoms with van der Waals surface area (Å²) in [5.74, 6) is 0.419. The summed E-state index contributed by atoms with van der Waals surface area (Å²) >= 11 is 3.47. The van der Waals surface area contributed by atoms with Gasteiger partial charge in [0, 0.05) is 21.4 Å². The molecule has 0 bridgehead atoms. The zero-order valence-corrected chi connectivity index (χ0v) is 15.7. The molecule has 5 heteroatoms. The number of benzene rings is 2. The highest BCUT2D eigenvalue weighted by Gasteiger charge is 2.09. The Bertz CT molecular complexity index is 1090. The second-order valence-corrected chi connectivity index (χ2v) is 7.29. The first-order valence-corrected chi connectivity index (χ1v) is 9.25. The van der Waals surface area contributed by atoms with Gasteiger partial charge in [-0.05, 0) is 53.8 Å². The van der Waals surface area contributed by atoms with Crippen LogP contribution >= 0.6 is 15.9 Å². The standard InChI is InChI=1S/C21H18BrN3O/c22-16-6-3-13(4-7-16)1-2-14-9-18-17-8-5-15(12-26)10-19(17)25-21(23)20(18)24-11-14/h3-11,26H,1-2,12H2,(H2,23,25). The molecule has 0 aliphatic heterocycles. The van der Waals surface area contributed by atoms with E-state index in [1.165, 1.54) is 11.1 Å². The molecular formula is C21H18BrN3O. The first-order chi connectivity index (χ1) is 12.6. The number of aliphatic hydroxyl groups excluding tert-OH is 1. The van der Waals surface area contributed by atoms with E-state index in [9.17, 15) is 5.11 Å². The molecule has 0 spiro atoms. The zero-order valence-electron chi connectivity index (χ0n) is 14.1. The van der Waals surface area contributed by atoms with Crippen LogP contribution in [0.3, 0.4) is 0 Å². The first-order valence-electron chi connectivity index (χ1n) is 8.46. The summed E-state index contributed by atoms with van der Waals surface area (Å²) < 4.78 is 1.09. The number of nitrogens with zero attached hydrogens (tertiary/aromatic N) is 2. The maximum atomic E-state index is 9.34. The molecule has 4 aromatic rings. The van der Waals surface area contributed by atoms with Crippen LogP contribution in [0.4, 0.5) is 5.82 Å². The summed E-state index contributed by atoms with van der Waals surface area (Å²) in [6.07, 6.45) is 3.74.